The molecule has 15 heavy (non-hydrogen) atoms. The van der Waals surface area contributed by atoms with Gasteiger partial charge in [0.1, 0.15) is 6.04 Å². The van der Waals surface area contributed by atoms with Crippen molar-refractivity contribution in [2.45, 2.75) is 6.04 Å². The molecule has 6 heteroatoms. The van der Waals surface area contributed by atoms with Crippen molar-refractivity contribution in [3.63, 3.8) is 0 Å². The SMILES string of the molecule is COc1cc(Br)cc([C@H](N)C(=O)O)c1O. The van der Waals surface area contributed by atoms with Crippen LogP contribution in [0.4, 0.5) is 0 Å². The first kappa shape index (κ1) is 11.8. The molecule has 0 aliphatic carbocycles. The minimum absolute atomic E-state index is 0.105. The first-order chi connectivity index (χ1) is 6.97. The number of carboxylic acid groups (broad SMARTS) is 1. The van der Waals surface area contributed by atoms with Gasteiger partial charge < -0.3 is 20.7 Å². The number of phenols is 1. The van der Waals surface area contributed by atoms with Crippen molar-refractivity contribution in [2.75, 3.05) is 7.11 Å². The van der Waals surface area contributed by atoms with Crippen LogP contribution in [0.2, 0.25) is 0 Å². The normalized spacial score (nSPS) is 12.2. The lowest BCUT2D eigenvalue weighted by atomic mass is 10.1. The number of phenolic OH excluding ortho intramolecular Hbond substituents is 1. The second-order valence-electron chi connectivity index (χ2n) is 2.86. The van der Waals surface area contributed by atoms with Crippen LogP contribution >= 0.6 is 15.9 Å². The van der Waals surface area contributed by atoms with E-state index in [1.807, 2.05) is 0 Å². The van der Waals surface area contributed by atoms with Gasteiger partial charge in [-0.25, -0.2) is 0 Å². The van der Waals surface area contributed by atoms with E-state index in [9.17, 15) is 9.90 Å². The number of halogens is 1. The summed E-state index contributed by atoms with van der Waals surface area (Å²) in [6, 6.07) is 1.68. The van der Waals surface area contributed by atoms with Crippen LogP contribution in [0.1, 0.15) is 11.6 Å². The van der Waals surface area contributed by atoms with Crippen molar-refractivity contribution in [1.82, 2.24) is 0 Å². The largest absolute Gasteiger partial charge is 0.504 e. The molecule has 0 radical (unpaired) electrons. The van der Waals surface area contributed by atoms with Gasteiger partial charge in [0, 0.05) is 10.0 Å². The van der Waals surface area contributed by atoms with Gasteiger partial charge >= 0.3 is 5.97 Å². The fourth-order valence-electron chi connectivity index (χ4n) is 1.12. The van der Waals surface area contributed by atoms with E-state index in [-0.39, 0.29) is 17.1 Å². The fourth-order valence-corrected chi connectivity index (χ4v) is 1.57. The number of aliphatic carboxylic acids is 1. The number of nitrogens with two attached hydrogens (primary N) is 1. The molecular formula is C9H10BrNO4. The van der Waals surface area contributed by atoms with Crippen molar-refractivity contribution < 1.29 is 19.7 Å². The lowest BCUT2D eigenvalue weighted by Crippen LogP contribution is -2.20. The van der Waals surface area contributed by atoms with E-state index in [2.05, 4.69) is 15.9 Å². The number of rotatable bonds is 3. The molecule has 0 aliphatic heterocycles. The molecule has 0 spiro atoms. The fraction of sp³-hybridized carbons (Fsp3) is 0.222. The van der Waals surface area contributed by atoms with E-state index in [4.69, 9.17) is 15.6 Å². The van der Waals surface area contributed by atoms with Gasteiger partial charge in [-0.05, 0) is 12.1 Å². The molecule has 5 nitrogen and oxygen atoms in total. The third-order valence-corrected chi connectivity index (χ3v) is 2.35. The lowest BCUT2D eigenvalue weighted by Gasteiger charge is -2.12. The Kier molecular flexibility index (Phi) is 3.54. The molecule has 0 bridgehead atoms. The van der Waals surface area contributed by atoms with Crippen LogP contribution in [0.15, 0.2) is 16.6 Å². The Labute approximate surface area is 94.6 Å². The minimum atomic E-state index is -1.28. The summed E-state index contributed by atoms with van der Waals surface area (Å²) in [6.45, 7) is 0. The van der Waals surface area contributed by atoms with Crippen molar-refractivity contribution in [3.05, 3.63) is 22.2 Å². The quantitative estimate of drug-likeness (QED) is 0.772. The van der Waals surface area contributed by atoms with E-state index in [1.165, 1.54) is 19.2 Å². The standard InChI is InChI=1S/C9H10BrNO4/c1-15-6-3-4(10)2-5(8(6)12)7(11)9(13)14/h2-3,7,12H,11H2,1H3,(H,13,14)/t7-/m0/s1. The average Bonchev–Trinajstić information content (AvgIpc) is 2.19. The maximum absolute atomic E-state index is 10.7. The zero-order valence-electron chi connectivity index (χ0n) is 7.90. The Hall–Kier alpha value is -1.27. The van der Waals surface area contributed by atoms with Crippen molar-refractivity contribution >= 4 is 21.9 Å². The highest BCUT2D eigenvalue weighted by Gasteiger charge is 2.21. The smallest absolute Gasteiger partial charge is 0.325 e. The monoisotopic (exact) mass is 275 g/mol. The predicted molar refractivity (Wildman–Crippen MR) is 56.9 cm³/mol. The molecule has 0 heterocycles. The van der Waals surface area contributed by atoms with Crippen molar-refractivity contribution in [2.24, 2.45) is 5.73 Å². The second kappa shape index (κ2) is 4.50. The number of carbonyl (C=O) groups is 1. The first-order valence-corrected chi connectivity index (χ1v) is 4.81. The van der Waals surface area contributed by atoms with Crippen molar-refractivity contribution in [1.29, 1.82) is 0 Å². The third kappa shape index (κ3) is 2.40. The zero-order chi connectivity index (χ0) is 11.6. The molecule has 0 unspecified atom stereocenters. The number of ether oxygens (including phenoxy) is 1. The molecule has 0 amide bonds. The molecule has 1 atom stereocenters. The second-order valence-corrected chi connectivity index (χ2v) is 3.78. The number of carboxylic acids is 1. The maximum atomic E-state index is 10.7. The summed E-state index contributed by atoms with van der Waals surface area (Å²) >= 11 is 3.17. The molecule has 0 saturated carbocycles. The van der Waals surface area contributed by atoms with Crippen LogP contribution in [-0.4, -0.2) is 23.3 Å². The van der Waals surface area contributed by atoms with Crippen LogP contribution in [0.3, 0.4) is 0 Å². The lowest BCUT2D eigenvalue weighted by molar-refractivity contribution is -0.138. The van der Waals surface area contributed by atoms with Gasteiger partial charge in [0.25, 0.3) is 0 Å². The van der Waals surface area contributed by atoms with E-state index < -0.39 is 12.0 Å². The van der Waals surface area contributed by atoms with Gasteiger partial charge in [-0.1, -0.05) is 15.9 Å². The van der Waals surface area contributed by atoms with E-state index >= 15 is 0 Å². The van der Waals surface area contributed by atoms with Gasteiger partial charge in [0.2, 0.25) is 0 Å². The Morgan fingerprint density at radius 1 is 1.60 bits per heavy atom. The minimum Gasteiger partial charge on any atom is -0.504 e. The van der Waals surface area contributed by atoms with E-state index in [0.29, 0.717) is 4.47 Å². The molecular weight excluding hydrogens is 266 g/mol. The summed E-state index contributed by atoms with van der Waals surface area (Å²) < 4.78 is 5.45. The van der Waals surface area contributed by atoms with Crippen LogP contribution in [0.5, 0.6) is 11.5 Å². The molecule has 0 aliphatic rings. The van der Waals surface area contributed by atoms with Crippen molar-refractivity contribution in [3.8, 4) is 11.5 Å². The van der Waals surface area contributed by atoms with Crippen LogP contribution in [-0.2, 0) is 4.79 Å². The van der Waals surface area contributed by atoms with Gasteiger partial charge in [0.15, 0.2) is 11.5 Å². The van der Waals surface area contributed by atoms with Gasteiger partial charge in [-0.15, -0.1) is 0 Å². The predicted octanol–water partition coefficient (Wildman–Crippen LogP) is 1.25. The third-order valence-electron chi connectivity index (χ3n) is 1.89. The summed E-state index contributed by atoms with van der Waals surface area (Å²) in [5.74, 6) is -1.29. The number of methoxy groups -OCH3 is 1. The Morgan fingerprint density at radius 2 is 2.20 bits per heavy atom. The number of benzene rings is 1. The summed E-state index contributed by atoms with van der Waals surface area (Å²) in [6.07, 6.45) is 0. The zero-order valence-corrected chi connectivity index (χ0v) is 9.48. The van der Waals surface area contributed by atoms with Crippen LogP contribution < -0.4 is 10.5 Å². The number of hydrogen-bond donors (Lipinski definition) is 3. The van der Waals surface area contributed by atoms with Crippen LogP contribution in [0.25, 0.3) is 0 Å². The number of hydrogen-bond acceptors (Lipinski definition) is 4. The van der Waals surface area contributed by atoms with Gasteiger partial charge in [-0.3, -0.25) is 4.79 Å². The Morgan fingerprint density at radius 3 is 2.67 bits per heavy atom. The van der Waals surface area contributed by atoms with Gasteiger partial charge in [-0.2, -0.15) is 0 Å². The molecule has 82 valence electrons. The van der Waals surface area contributed by atoms with E-state index in [0.717, 1.165) is 0 Å². The Balaban J connectivity index is 3.28. The summed E-state index contributed by atoms with van der Waals surface area (Å²) in [5, 5.41) is 18.4. The summed E-state index contributed by atoms with van der Waals surface area (Å²) in [5.41, 5.74) is 5.50. The topological polar surface area (TPSA) is 92.8 Å². The Bertz CT molecular complexity index is 394. The molecule has 1 rings (SSSR count). The molecule has 0 saturated heterocycles. The molecule has 4 N–H and O–H groups in total. The molecule has 1 aromatic carbocycles. The van der Waals surface area contributed by atoms with Gasteiger partial charge in [0.05, 0.1) is 7.11 Å². The highest BCUT2D eigenvalue weighted by atomic mass is 79.9. The average molecular weight is 276 g/mol. The summed E-state index contributed by atoms with van der Waals surface area (Å²) in [7, 11) is 1.37. The summed E-state index contributed by atoms with van der Waals surface area (Å²) in [4.78, 5) is 10.7. The van der Waals surface area contributed by atoms with Crippen LogP contribution in [0, 0.1) is 0 Å². The first-order valence-electron chi connectivity index (χ1n) is 4.02. The highest BCUT2D eigenvalue weighted by molar-refractivity contribution is 9.10. The van der Waals surface area contributed by atoms with E-state index in [1.54, 1.807) is 0 Å². The highest BCUT2D eigenvalue weighted by Crippen LogP contribution is 2.36. The molecule has 1 aromatic rings. The maximum Gasteiger partial charge on any atom is 0.325 e. The molecule has 0 aromatic heterocycles. The molecule has 0 fully saturated rings. The number of aromatic hydroxyl groups is 1.